The number of hydrogen-bond donors (Lipinski definition) is 2. The van der Waals surface area contributed by atoms with Crippen molar-refractivity contribution in [3.63, 3.8) is 0 Å². The van der Waals surface area contributed by atoms with Crippen molar-refractivity contribution < 1.29 is 14.7 Å². The van der Waals surface area contributed by atoms with Crippen LogP contribution in [0.1, 0.15) is 46.0 Å². The van der Waals surface area contributed by atoms with Crippen LogP contribution in [-0.4, -0.2) is 47.6 Å². The van der Waals surface area contributed by atoms with Crippen molar-refractivity contribution in [2.75, 3.05) is 19.7 Å². The summed E-state index contributed by atoms with van der Waals surface area (Å²) in [4.78, 5) is 25.9. The lowest BCUT2D eigenvalue weighted by Gasteiger charge is -2.25. The number of rotatable bonds is 7. The van der Waals surface area contributed by atoms with E-state index < -0.39 is 0 Å². The molecule has 1 saturated heterocycles. The third kappa shape index (κ3) is 3.95. The molecule has 0 bridgehead atoms. The van der Waals surface area contributed by atoms with E-state index in [0.717, 1.165) is 25.7 Å². The van der Waals surface area contributed by atoms with Crippen LogP contribution in [-0.2, 0) is 9.59 Å². The fourth-order valence-corrected chi connectivity index (χ4v) is 2.76. The van der Waals surface area contributed by atoms with Crippen molar-refractivity contribution in [1.29, 1.82) is 0 Å². The van der Waals surface area contributed by atoms with Crippen molar-refractivity contribution in [1.82, 2.24) is 10.2 Å². The van der Waals surface area contributed by atoms with Gasteiger partial charge in [0.05, 0.1) is 5.92 Å². The molecule has 1 aliphatic heterocycles. The molecule has 114 valence electrons. The van der Waals surface area contributed by atoms with Gasteiger partial charge >= 0.3 is 0 Å². The van der Waals surface area contributed by atoms with E-state index in [2.05, 4.69) is 19.2 Å². The highest BCUT2D eigenvalue weighted by Gasteiger charge is 2.41. The van der Waals surface area contributed by atoms with E-state index >= 15 is 0 Å². The van der Waals surface area contributed by atoms with E-state index in [-0.39, 0.29) is 29.8 Å². The minimum Gasteiger partial charge on any atom is -0.396 e. The van der Waals surface area contributed by atoms with E-state index in [1.165, 1.54) is 0 Å². The Morgan fingerprint density at radius 3 is 2.75 bits per heavy atom. The number of aliphatic hydroxyl groups is 1. The molecule has 1 heterocycles. The molecule has 1 atom stereocenters. The minimum absolute atomic E-state index is 0.00132. The van der Waals surface area contributed by atoms with Crippen LogP contribution in [0.5, 0.6) is 0 Å². The maximum Gasteiger partial charge on any atom is 0.225 e. The molecule has 1 aliphatic carbocycles. The molecule has 5 nitrogen and oxygen atoms in total. The average molecular weight is 282 g/mol. The Bertz CT molecular complexity index is 377. The predicted octanol–water partition coefficient (Wildman–Crippen LogP) is 0.912. The predicted molar refractivity (Wildman–Crippen MR) is 76.0 cm³/mol. The van der Waals surface area contributed by atoms with E-state index in [0.29, 0.717) is 25.6 Å². The molecular weight excluding hydrogens is 256 g/mol. The van der Waals surface area contributed by atoms with Gasteiger partial charge in [-0.25, -0.2) is 0 Å². The molecule has 2 aliphatic rings. The Balaban J connectivity index is 1.76. The molecule has 0 aromatic carbocycles. The number of likely N-dealkylation sites (tertiary alicyclic amines) is 1. The number of hydrogen-bond acceptors (Lipinski definition) is 3. The summed E-state index contributed by atoms with van der Waals surface area (Å²) >= 11 is 0. The lowest BCUT2D eigenvalue weighted by molar-refractivity contribution is -0.129. The van der Waals surface area contributed by atoms with Crippen LogP contribution >= 0.6 is 0 Å². The second-order valence-corrected chi connectivity index (χ2v) is 6.89. The molecule has 1 saturated carbocycles. The van der Waals surface area contributed by atoms with Gasteiger partial charge in [-0.05, 0) is 31.1 Å². The molecule has 2 amide bonds. The molecular formula is C15H26N2O3. The smallest absolute Gasteiger partial charge is 0.225 e. The number of carbonyl (C=O) groups is 2. The summed E-state index contributed by atoms with van der Waals surface area (Å²) in [6.45, 7) is 5.54. The van der Waals surface area contributed by atoms with Crippen LogP contribution < -0.4 is 5.32 Å². The number of carbonyl (C=O) groups excluding carboxylic acids is 2. The van der Waals surface area contributed by atoms with Gasteiger partial charge in [0.1, 0.15) is 0 Å². The van der Waals surface area contributed by atoms with Crippen LogP contribution in [0.2, 0.25) is 0 Å². The normalized spacial score (nSPS) is 23.2. The first-order valence-electron chi connectivity index (χ1n) is 7.61. The number of aliphatic hydroxyl groups excluding tert-OH is 1. The van der Waals surface area contributed by atoms with Gasteiger partial charge in [-0.3, -0.25) is 9.59 Å². The first-order valence-corrected chi connectivity index (χ1v) is 7.61. The molecule has 2 fully saturated rings. The van der Waals surface area contributed by atoms with E-state index in [9.17, 15) is 9.59 Å². The molecule has 1 unspecified atom stereocenters. The fourth-order valence-electron chi connectivity index (χ4n) is 2.76. The quantitative estimate of drug-likeness (QED) is 0.729. The Morgan fingerprint density at radius 2 is 2.15 bits per heavy atom. The summed E-state index contributed by atoms with van der Waals surface area (Å²) in [7, 11) is 0. The van der Waals surface area contributed by atoms with Gasteiger partial charge < -0.3 is 15.3 Å². The Kier molecular flexibility index (Phi) is 4.68. The summed E-state index contributed by atoms with van der Waals surface area (Å²) < 4.78 is 0. The first-order chi connectivity index (χ1) is 9.43. The largest absolute Gasteiger partial charge is 0.396 e. The standard InChI is InChI=1S/C15H26N2O3/c1-15(2,6-3-7-18)10-16-14(20)11-8-13(19)17(9-11)12-4-5-12/h11-12,18H,3-10H2,1-2H3,(H,16,20). The maximum atomic E-state index is 12.2. The SMILES string of the molecule is CC(C)(CCCO)CNC(=O)C1CC(=O)N(C2CC2)C1. The fraction of sp³-hybridized carbons (Fsp3) is 0.867. The molecule has 2 rings (SSSR count). The topological polar surface area (TPSA) is 69.6 Å². The highest BCUT2D eigenvalue weighted by molar-refractivity contribution is 5.89. The van der Waals surface area contributed by atoms with E-state index in [4.69, 9.17) is 5.11 Å². The highest BCUT2D eigenvalue weighted by atomic mass is 16.3. The molecule has 0 spiro atoms. The molecule has 5 heteroatoms. The number of nitrogens with zero attached hydrogens (tertiary/aromatic N) is 1. The van der Waals surface area contributed by atoms with Crippen molar-refractivity contribution in [2.45, 2.75) is 52.0 Å². The van der Waals surface area contributed by atoms with Gasteiger partial charge in [-0.15, -0.1) is 0 Å². The van der Waals surface area contributed by atoms with Crippen molar-refractivity contribution in [3.8, 4) is 0 Å². The summed E-state index contributed by atoms with van der Waals surface area (Å²) in [6, 6.07) is 0.404. The second kappa shape index (κ2) is 6.12. The zero-order valence-corrected chi connectivity index (χ0v) is 12.5. The average Bonchev–Trinajstić information content (AvgIpc) is 3.17. The Labute approximate surface area is 120 Å². The first kappa shape index (κ1) is 15.3. The number of nitrogens with one attached hydrogen (secondary N) is 1. The summed E-state index contributed by atoms with van der Waals surface area (Å²) in [5, 5.41) is 11.8. The van der Waals surface area contributed by atoms with Crippen molar-refractivity contribution in [2.24, 2.45) is 11.3 Å². The second-order valence-electron chi connectivity index (χ2n) is 6.89. The van der Waals surface area contributed by atoms with Crippen LogP contribution in [0, 0.1) is 11.3 Å². The van der Waals surface area contributed by atoms with Gasteiger partial charge in [0.15, 0.2) is 0 Å². The lowest BCUT2D eigenvalue weighted by atomic mass is 9.87. The van der Waals surface area contributed by atoms with Crippen molar-refractivity contribution in [3.05, 3.63) is 0 Å². The molecule has 20 heavy (non-hydrogen) atoms. The molecule has 0 radical (unpaired) electrons. The molecule has 0 aromatic heterocycles. The van der Waals surface area contributed by atoms with Gasteiger partial charge in [-0.2, -0.15) is 0 Å². The van der Waals surface area contributed by atoms with Gasteiger partial charge in [0.25, 0.3) is 0 Å². The van der Waals surface area contributed by atoms with Crippen molar-refractivity contribution >= 4 is 11.8 Å². The highest BCUT2D eigenvalue weighted by Crippen LogP contribution is 2.32. The van der Waals surface area contributed by atoms with Crippen LogP contribution in [0.3, 0.4) is 0 Å². The summed E-state index contributed by atoms with van der Waals surface area (Å²) in [5.41, 5.74) is -0.0167. The van der Waals surface area contributed by atoms with Crippen LogP contribution in [0.25, 0.3) is 0 Å². The third-order valence-corrected chi connectivity index (χ3v) is 4.27. The molecule has 0 aromatic rings. The summed E-state index contributed by atoms with van der Waals surface area (Å²) in [6.07, 6.45) is 4.17. The van der Waals surface area contributed by atoms with Gasteiger partial charge in [0, 0.05) is 32.2 Å². The lowest BCUT2D eigenvalue weighted by Crippen LogP contribution is -2.39. The number of amides is 2. The monoisotopic (exact) mass is 282 g/mol. The van der Waals surface area contributed by atoms with Gasteiger partial charge in [-0.1, -0.05) is 13.8 Å². The zero-order valence-electron chi connectivity index (χ0n) is 12.5. The van der Waals surface area contributed by atoms with Crippen LogP contribution in [0.4, 0.5) is 0 Å². The Hall–Kier alpha value is -1.10. The third-order valence-electron chi connectivity index (χ3n) is 4.27. The summed E-state index contributed by atoms with van der Waals surface area (Å²) in [5.74, 6) is -0.0532. The zero-order chi connectivity index (χ0) is 14.8. The Morgan fingerprint density at radius 1 is 1.45 bits per heavy atom. The minimum atomic E-state index is -0.184. The van der Waals surface area contributed by atoms with Gasteiger partial charge in [0.2, 0.25) is 11.8 Å². The van der Waals surface area contributed by atoms with E-state index in [1.807, 2.05) is 4.90 Å². The molecule has 2 N–H and O–H groups in total. The van der Waals surface area contributed by atoms with E-state index in [1.54, 1.807) is 0 Å². The maximum absolute atomic E-state index is 12.2. The van der Waals surface area contributed by atoms with Crippen LogP contribution in [0.15, 0.2) is 0 Å².